The molecule has 0 aliphatic rings. The van der Waals surface area contributed by atoms with Crippen molar-refractivity contribution in [1.29, 1.82) is 15.8 Å². The molecule has 6 heteroatoms. The van der Waals surface area contributed by atoms with E-state index in [0.29, 0.717) is 22.5 Å². The maximum absolute atomic E-state index is 10.4. The van der Waals surface area contributed by atoms with E-state index in [1.807, 2.05) is 103 Å². The van der Waals surface area contributed by atoms with Crippen molar-refractivity contribution in [1.82, 2.24) is 14.1 Å². The first-order chi connectivity index (χ1) is 27.7. The van der Waals surface area contributed by atoms with Crippen molar-refractivity contribution < 1.29 is 0 Å². The highest BCUT2D eigenvalue weighted by atomic mass is 15.1. The van der Waals surface area contributed by atoms with Gasteiger partial charge in [-0.25, -0.2) is 4.98 Å². The lowest BCUT2D eigenvalue weighted by Gasteiger charge is -2.17. The number of nitrogens with zero attached hydrogens (tertiary/aromatic N) is 6. The molecule has 0 saturated heterocycles. The number of benzene rings is 7. The summed E-state index contributed by atoms with van der Waals surface area (Å²) >= 11 is 0. The van der Waals surface area contributed by atoms with E-state index < -0.39 is 0 Å². The van der Waals surface area contributed by atoms with E-state index in [0.717, 1.165) is 82.7 Å². The van der Waals surface area contributed by atoms with Crippen molar-refractivity contribution >= 4 is 43.6 Å². The first-order valence-electron chi connectivity index (χ1n) is 18.2. The molecule has 56 heavy (non-hydrogen) atoms. The fraction of sp³-hybridized carbons (Fsp3) is 0. The molecule has 6 nitrogen and oxygen atoms in total. The smallest absolute Gasteiger partial charge is 0.138 e. The van der Waals surface area contributed by atoms with Gasteiger partial charge in [0.2, 0.25) is 0 Å². The fourth-order valence-electron chi connectivity index (χ4n) is 8.22. The van der Waals surface area contributed by atoms with E-state index >= 15 is 0 Å². The number of rotatable bonds is 5. The van der Waals surface area contributed by atoms with Crippen LogP contribution in [-0.4, -0.2) is 14.1 Å². The third-order valence-corrected chi connectivity index (χ3v) is 10.7. The number of hydrogen-bond donors (Lipinski definition) is 0. The topological polar surface area (TPSA) is 94.1 Å². The molecule has 7 aromatic carbocycles. The molecule has 0 N–H and O–H groups in total. The van der Waals surface area contributed by atoms with Crippen LogP contribution in [0.2, 0.25) is 0 Å². The summed E-state index contributed by atoms with van der Waals surface area (Å²) < 4.78 is 4.41. The molecule has 0 spiro atoms. The van der Waals surface area contributed by atoms with Gasteiger partial charge in [0.25, 0.3) is 0 Å². The van der Waals surface area contributed by atoms with Gasteiger partial charge in [-0.15, -0.1) is 0 Å². The Labute approximate surface area is 322 Å². The van der Waals surface area contributed by atoms with Crippen LogP contribution in [-0.2, 0) is 0 Å². The van der Waals surface area contributed by atoms with Gasteiger partial charge in [-0.2, -0.15) is 15.8 Å². The monoisotopic (exact) mass is 712 g/mol. The molecular formula is C50H28N6. The third kappa shape index (κ3) is 4.97. The first kappa shape index (κ1) is 32.4. The molecule has 0 fully saturated rings. The first-order valence-corrected chi connectivity index (χ1v) is 18.2. The van der Waals surface area contributed by atoms with Gasteiger partial charge in [-0.1, -0.05) is 103 Å². The number of pyridine rings is 1. The van der Waals surface area contributed by atoms with Crippen LogP contribution < -0.4 is 0 Å². The van der Waals surface area contributed by atoms with Gasteiger partial charge in [0.1, 0.15) is 5.82 Å². The third-order valence-electron chi connectivity index (χ3n) is 10.7. The van der Waals surface area contributed by atoms with Crippen molar-refractivity contribution in [2.24, 2.45) is 0 Å². The number of para-hydroxylation sites is 2. The summed E-state index contributed by atoms with van der Waals surface area (Å²) in [7, 11) is 0. The summed E-state index contributed by atoms with van der Waals surface area (Å²) in [6.07, 6.45) is 1.92. The maximum atomic E-state index is 10.4. The van der Waals surface area contributed by atoms with Gasteiger partial charge in [-0.05, 0) is 82.9 Å². The van der Waals surface area contributed by atoms with Gasteiger partial charge < -0.3 is 4.57 Å². The fourth-order valence-corrected chi connectivity index (χ4v) is 8.22. The summed E-state index contributed by atoms with van der Waals surface area (Å²) in [4.78, 5) is 5.21. The van der Waals surface area contributed by atoms with Crippen LogP contribution in [0.4, 0.5) is 0 Å². The number of nitriles is 3. The minimum absolute atomic E-state index is 0.560. The lowest BCUT2D eigenvalue weighted by Crippen LogP contribution is -2.04. The summed E-state index contributed by atoms with van der Waals surface area (Å²) in [5.74, 6) is 0.712. The molecule has 0 radical (unpaired) electrons. The zero-order valence-corrected chi connectivity index (χ0v) is 29.8. The zero-order chi connectivity index (χ0) is 37.8. The Morgan fingerprint density at radius 1 is 0.375 bits per heavy atom. The standard InChI is InChI=1S/C50H28N6/c51-28-34-11-1-4-14-37(34)32-21-23-47-42(25-32)40-17-7-9-19-45(40)55(47)49-31-54-50(27-44(49)39-16-6-3-13-36(39)30-53)56-46-20-10-8-18-41(46)43-26-33(22-24-48(43)56)38-15-5-2-12-35(38)29-52/h1-27,31H. The normalized spacial score (nSPS) is 11.2. The molecule has 0 atom stereocenters. The molecule has 10 aromatic rings. The number of fused-ring (bicyclic) bond motifs is 6. The average Bonchev–Trinajstić information content (AvgIpc) is 3.78. The van der Waals surface area contributed by atoms with E-state index in [1.54, 1.807) is 0 Å². The van der Waals surface area contributed by atoms with Crippen molar-refractivity contribution in [2.75, 3.05) is 0 Å². The highest BCUT2D eigenvalue weighted by molar-refractivity contribution is 6.12. The van der Waals surface area contributed by atoms with Crippen LogP contribution in [0.15, 0.2) is 170 Å². The lowest BCUT2D eigenvalue weighted by atomic mass is 9.98. The van der Waals surface area contributed by atoms with E-state index in [1.165, 1.54) is 0 Å². The van der Waals surface area contributed by atoms with Gasteiger partial charge in [-0.3, -0.25) is 4.57 Å². The minimum Gasteiger partial charge on any atom is -0.307 e. The second-order valence-electron chi connectivity index (χ2n) is 13.7. The zero-order valence-electron chi connectivity index (χ0n) is 29.8. The predicted octanol–water partition coefficient (Wildman–Crippen LogP) is 11.9. The summed E-state index contributed by atoms with van der Waals surface area (Å²) in [5, 5.41) is 34.4. The molecule has 10 rings (SSSR count). The van der Waals surface area contributed by atoms with Crippen molar-refractivity contribution in [3.63, 3.8) is 0 Å². The average molecular weight is 713 g/mol. The van der Waals surface area contributed by atoms with E-state index in [2.05, 4.69) is 94.1 Å². The van der Waals surface area contributed by atoms with Crippen LogP contribution in [0.3, 0.4) is 0 Å². The molecule has 0 unspecified atom stereocenters. The van der Waals surface area contributed by atoms with Gasteiger partial charge in [0.05, 0.1) is 68.8 Å². The van der Waals surface area contributed by atoms with Crippen molar-refractivity contribution in [3.8, 4) is 63.1 Å². The molecule has 0 bridgehead atoms. The molecule has 3 aromatic heterocycles. The Morgan fingerprint density at radius 2 is 0.804 bits per heavy atom. The largest absolute Gasteiger partial charge is 0.307 e. The maximum Gasteiger partial charge on any atom is 0.138 e. The Balaban J connectivity index is 1.24. The lowest BCUT2D eigenvalue weighted by molar-refractivity contribution is 1.06. The molecule has 3 heterocycles. The summed E-state index contributed by atoms with van der Waals surface area (Å²) in [6, 6.07) is 61.6. The Hall–Kier alpha value is -8.24. The molecule has 0 amide bonds. The van der Waals surface area contributed by atoms with Crippen LogP contribution in [0, 0.1) is 34.0 Å². The van der Waals surface area contributed by atoms with E-state index in [-0.39, 0.29) is 0 Å². The van der Waals surface area contributed by atoms with Crippen LogP contribution in [0.1, 0.15) is 16.7 Å². The van der Waals surface area contributed by atoms with Crippen LogP contribution >= 0.6 is 0 Å². The van der Waals surface area contributed by atoms with Gasteiger partial charge >= 0.3 is 0 Å². The Bertz CT molecular complexity index is 3360. The van der Waals surface area contributed by atoms with Crippen LogP contribution in [0.5, 0.6) is 0 Å². The molecular weight excluding hydrogens is 685 g/mol. The van der Waals surface area contributed by atoms with E-state index in [9.17, 15) is 15.8 Å². The van der Waals surface area contributed by atoms with Gasteiger partial charge in [0, 0.05) is 32.7 Å². The second-order valence-corrected chi connectivity index (χ2v) is 13.7. The summed E-state index contributed by atoms with van der Waals surface area (Å²) in [6.45, 7) is 0. The van der Waals surface area contributed by atoms with Gasteiger partial charge in [0.15, 0.2) is 0 Å². The molecule has 258 valence electrons. The molecule has 0 aliphatic heterocycles. The second kappa shape index (κ2) is 13.0. The number of aromatic nitrogens is 3. The molecule has 0 saturated carbocycles. The number of hydrogen-bond acceptors (Lipinski definition) is 4. The van der Waals surface area contributed by atoms with E-state index in [4.69, 9.17) is 4.98 Å². The van der Waals surface area contributed by atoms with Crippen molar-refractivity contribution in [3.05, 3.63) is 187 Å². The molecule has 0 aliphatic carbocycles. The Morgan fingerprint density at radius 3 is 1.36 bits per heavy atom. The Kier molecular flexibility index (Phi) is 7.53. The minimum atomic E-state index is 0.560. The SMILES string of the molecule is N#Cc1ccccc1-c1ccc2c(c1)c1ccccc1n2-c1cc(-c2ccccc2C#N)c(-n2c3ccccc3c3cc(-c4ccccc4C#N)ccc32)cn1. The quantitative estimate of drug-likeness (QED) is 0.177. The van der Waals surface area contributed by atoms with Crippen LogP contribution in [0.25, 0.3) is 88.5 Å². The predicted molar refractivity (Wildman–Crippen MR) is 223 cm³/mol. The highest BCUT2D eigenvalue weighted by Gasteiger charge is 2.21. The summed E-state index contributed by atoms with van der Waals surface area (Å²) in [5.41, 5.74) is 12.0. The van der Waals surface area contributed by atoms with Crippen molar-refractivity contribution in [2.45, 2.75) is 0 Å². The highest BCUT2D eigenvalue weighted by Crippen LogP contribution is 2.41.